The Bertz CT molecular complexity index is 696. The summed E-state index contributed by atoms with van der Waals surface area (Å²) < 4.78 is 19.3. The Morgan fingerprint density at radius 3 is 3.04 bits per heavy atom. The highest BCUT2D eigenvalue weighted by Gasteiger charge is 2.45. The van der Waals surface area contributed by atoms with Crippen LogP contribution in [0.4, 0.5) is 0 Å². The van der Waals surface area contributed by atoms with E-state index in [2.05, 4.69) is 16.7 Å². The molecule has 1 fully saturated rings. The molecule has 0 amide bonds. The lowest BCUT2D eigenvalue weighted by Gasteiger charge is -2.29. The van der Waals surface area contributed by atoms with Crippen LogP contribution in [0.2, 0.25) is 10.0 Å². The molecule has 6 nitrogen and oxygen atoms in total. The van der Waals surface area contributed by atoms with Gasteiger partial charge in [-0.3, -0.25) is 0 Å². The number of aromatic nitrogens is 3. The highest BCUT2D eigenvalue weighted by molar-refractivity contribution is 6.35. The molecule has 128 valence electrons. The van der Waals surface area contributed by atoms with Crippen molar-refractivity contribution < 1.29 is 14.2 Å². The Morgan fingerprint density at radius 2 is 2.33 bits per heavy atom. The second-order valence-corrected chi connectivity index (χ2v) is 6.19. The number of rotatable bonds is 7. The topological polar surface area (TPSA) is 58.4 Å². The zero-order valence-electron chi connectivity index (χ0n) is 12.9. The van der Waals surface area contributed by atoms with Crippen LogP contribution >= 0.6 is 23.2 Å². The molecule has 0 aliphatic carbocycles. The minimum Gasteiger partial charge on any atom is -0.375 e. The molecule has 0 bridgehead atoms. The molecule has 0 spiro atoms. The van der Waals surface area contributed by atoms with E-state index in [1.54, 1.807) is 35.3 Å². The molecule has 1 aliphatic rings. The maximum absolute atomic E-state index is 6.38. The third-order valence-corrected chi connectivity index (χ3v) is 4.12. The second-order valence-electron chi connectivity index (χ2n) is 5.35. The van der Waals surface area contributed by atoms with Gasteiger partial charge >= 0.3 is 0 Å². The van der Waals surface area contributed by atoms with Crippen molar-refractivity contribution >= 4 is 23.2 Å². The van der Waals surface area contributed by atoms with E-state index in [-0.39, 0.29) is 6.10 Å². The minimum atomic E-state index is -1.07. The number of benzene rings is 1. The van der Waals surface area contributed by atoms with Crippen LogP contribution in [0.15, 0.2) is 43.5 Å². The van der Waals surface area contributed by atoms with Gasteiger partial charge < -0.3 is 14.2 Å². The van der Waals surface area contributed by atoms with E-state index in [1.807, 2.05) is 0 Å². The predicted octanol–water partition coefficient (Wildman–Crippen LogP) is 3.06. The normalized spacial score (nSPS) is 23.5. The van der Waals surface area contributed by atoms with E-state index in [0.717, 1.165) is 0 Å². The first kappa shape index (κ1) is 17.4. The van der Waals surface area contributed by atoms with Crippen LogP contribution in [-0.4, -0.2) is 40.7 Å². The molecule has 0 radical (unpaired) electrons. The average molecular weight is 370 g/mol. The van der Waals surface area contributed by atoms with Crippen molar-refractivity contribution in [3.63, 3.8) is 0 Å². The average Bonchev–Trinajstić information content (AvgIpc) is 3.19. The fraction of sp³-hybridized carbons (Fsp3) is 0.375. The van der Waals surface area contributed by atoms with Crippen LogP contribution in [-0.2, 0) is 26.5 Å². The molecule has 2 unspecified atom stereocenters. The summed E-state index contributed by atoms with van der Waals surface area (Å²) in [6, 6.07) is 5.21. The van der Waals surface area contributed by atoms with Crippen molar-refractivity contribution in [3.8, 4) is 0 Å². The third kappa shape index (κ3) is 3.79. The van der Waals surface area contributed by atoms with E-state index in [9.17, 15) is 0 Å². The molecular weight excluding hydrogens is 353 g/mol. The fourth-order valence-electron chi connectivity index (χ4n) is 2.57. The molecular formula is C16H17Cl2N3O3. The molecule has 1 saturated heterocycles. The Labute approximate surface area is 149 Å². The van der Waals surface area contributed by atoms with Gasteiger partial charge in [-0.25, -0.2) is 9.67 Å². The third-order valence-electron chi connectivity index (χ3n) is 3.58. The van der Waals surface area contributed by atoms with Crippen LogP contribution in [0, 0.1) is 0 Å². The summed E-state index contributed by atoms with van der Waals surface area (Å²) >= 11 is 12.4. The van der Waals surface area contributed by atoms with E-state index in [1.165, 1.54) is 6.33 Å². The van der Waals surface area contributed by atoms with Crippen molar-refractivity contribution in [2.45, 2.75) is 18.4 Å². The van der Waals surface area contributed by atoms with Gasteiger partial charge in [0.15, 0.2) is 0 Å². The standard InChI is InChI=1S/C16H17Cl2N3O3/c1-2-5-22-7-13-8-23-16(24-13,9-21-11-19-10-20-21)14-4-3-12(17)6-15(14)18/h2-4,6,10-11,13H,1,5,7-9H2. The fourth-order valence-corrected chi connectivity index (χ4v) is 3.12. The summed E-state index contributed by atoms with van der Waals surface area (Å²) in [5, 5.41) is 5.14. The Hall–Kier alpha value is -1.44. The SMILES string of the molecule is C=CCOCC1COC(Cn2cncn2)(c2ccc(Cl)cc2Cl)O1. The first-order chi connectivity index (χ1) is 11.6. The summed E-state index contributed by atoms with van der Waals surface area (Å²) in [6.45, 7) is 5.17. The predicted molar refractivity (Wildman–Crippen MR) is 90.0 cm³/mol. The lowest BCUT2D eigenvalue weighted by atomic mass is 10.1. The minimum absolute atomic E-state index is 0.222. The van der Waals surface area contributed by atoms with Crippen LogP contribution in [0.5, 0.6) is 0 Å². The quantitative estimate of drug-likeness (QED) is 0.554. The van der Waals surface area contributed by atoms with Gasteiger partial charge in [-0.05, 0) is 12.1 Å². The van der Waals surface area contributed by atoms with E-state index in [0.29, 0.717) is 42.0 Å². The molecule has 24 heavy (non-hydrogen) atoms. The first-order valence-corrected chi connectivity index (χ1v) is 8.17. The number of ether oxygens (including phenoxy) is 3. The molecule has 3 rings (SSSR count). The van der Waals surface area contributed by atoms with Crippen LogP contribution < -0.4 is 0 Å². The molecule has 2 aromatic rings. The smallest absolute Gasteiger partial charge is 0.217 e. The van der Waals surface area contributed by atoms with Gasteiger partial charge in [0.1, 0.15) is 25.3 Å². The van der Waals surface area contributed by atoms with Crippen molar-refractivity contribution in [2.24, 2.45) is 0 Å². The molecule has 2 heterocycles. The molecule has 1 aliphatic heterocycles. The van der Waals surface area contributed by atoms with Gasteiger partial charge in [-0.15, -0.1) is 6.58 Å². The molecule has 1 aromatic carbocycles. The van der Waals surface area contributed by atoms with Gasteiger partial charge in [0, 0.05) is 10.6 Å². The molecule has 8 heteroatoms. The Kier molecular flexibility index (Phi) is 5.53. The first-order valence-electron chi connectivity index (χ1n) is 7.41. The van der Waals surface area contributed by atoms with Crippen LogP contribution in [0.25, 0.3) is 0 Å². The van der Waals surface area contributed by atoms with E-state index < -0.39 is 5.79 Å². The summed E-state index contributed by atoms with van der Waals surface area (Å²) in [5.74, 6) is -1.07. The number of nitrogens with zero attached hydrogens (tertiary/aromatic N) is 3. The lowest BCUT2D eigenvalue weighted by molar-refractivity contribution is -0.192. The van der Waals surface area contributed by atoms with Gasteiger partial charge in [-0.1, -0.05) is 35.3 Å². The molecule has 0 N–H and O–H groups in total. The summed E-state index contributed by atoms with van der Waals surface area (Å²) in [6.07, 6.45) is 4.52. The van der Waals surface area contributed by atoms with E-state index in [4.69, 9.17) is 37.4 Å². The van der Waals surface area contributed by atoms with Gasteiger partial charge in [-0.2, -0.15) is 5.10 Å². The van der Waals surface area contributed by atoms with Crippen molar-refractivity contribution in [1.29, 1.82) is 0 Å². The van der Waals surface area contributed by atoms with Gasteiger partial charge in [0.25, 0.3) is 0 Å². The largest absolute Gasteiger partial charge is 0.375 e. The molecule has 0 saturated carbocycles. The summed E-state index contributed by atoms with van der Waals surface area (Å²) in [5.41, 5.74) is 0.690. The maximum atomic E-state index is 6.38. The lowest BCUT2D eigenvalue weighted by Crippen LogP contribution is -2.34. The monoisotopic (exact) mass is 369 g/mol. The number of halogens is 2. The highest BCUT2D eigenvalue weighted by Crippen LogP contribution is 2.40. The van der Waals surface area contributed by atoms with Crippen LogP contribution in [0.1, 0.15) is 5.56 Å². The van der Waals surface area contributed by atoms with Crippen molar-refractivity contribution in [2.75, 3.05) is 19.8 Å². The van der Waals surface area contributed by atoms with E-state index >= 15 is 0 Å². The molecule has 2 atom stereocenters. The number of hydrogen-bond acceptors (Lipinski definition) is 5. The highest BCUT2D eigenvalue weighted by atomic mass is 35.5. The number of hydrogen-bond donors (Lipinski definition) is 0. The van der Waals surface area contributed by atoms with Gasteiger partial charge in [0.2, 0.25) is 5.79 Å². The Morgan fingerprint density at radius 1 is 1.46 bits per heavy atom. The summed E-state index contributed by atoms with van der Waals surface area (Å²) in [4.78, 5) is 3.96. The maximum Gasteiger partial charge on any atom is 0.217 e. The summed E-state index contributed by atoms with van der Waals surface area (Å²) in [7, 11) is 0. The Balaban J connectivity index is 1.86. The van der Waals surface area contributed by atoms with Crippen molar-refractivity contribution in [3.05, 3.63) is 59.1 Å². The second kappa shape index (κ2) is 7.63. The van der Waals surface area contributed by atoms with Crippen LogP contribution in [0.3, 0.4) is 0 Å². The zero-order valence-corrected chi connectivity index (χ0v) is 14.4. The molecule has 1 aromatic heterocycles. The van der Waals surface area contributed by atoms with Gasteiger partial charge in [0.05, 0.1) is 24.8 Å². The zero-order chi connectivity index (χ0) is 17.0. The van der Waals surface area contributed by atoms with Crippen molar-refractivity contribution in [1.82, 2.24) is 14.8 Å².